The largest absolute Gasteiger partial charge is 1.00 e. The first-order valence-electron chi connectivity index (χ1n) is 4.84. The van der Waals surface area contributed by atoms with E-state index in [4.69, 9.17) is 5.73 Å². The van der Waals surface area contributed by atoms with Gasteiger partial charge in [0, 0.05) is 11.1 Å². The van der Waals surface area contributed by atoms with Crippen molar-refractivity contribution in [3.05, 3.63) is 30.3 Å². The van der Waals surface area contributed by atoms with Gasteiger partial charge >= 0.3 is 59.1 Å². The van der Waals surface area contributed by atoms with Crippen LogP contribution in [0.1, 0.15) is 0 Å². The quantitative estimate of drug-likeness (QED) is 0.324. The zero-order valence-electron chi connectivity index (χ0n) is 11.2. The van der Waals surface area contributed by atoms with Crippen molar-refractivity contribution in [2.45, 2.75) is 9.79 Å². The zero-order chi connectivity index (χ0) is 14.4. The van der Waals surface area contributed by atoms with Crippen LogP contribution >= 0.6 is 0 Å². The van der Waals surface area contributed by atoms with E-state index in [1.54, 1.807) is 0 Å². The molecule has 0 bridgehead atoms. The number of nitrogen functional groups attached to an aromatic ring is 1. The molecule has 0 fully saturated rings. The van der Waals surface area contributed by atoms with Gasteiger partial charge in [0.15, 0.2) is 0 Å². The summed E-state index contributed by atoms with van der Waals surface area (Å²) in [5.41, 5.74) is 5.47. The van der Waals surface area contributed by atoms with Crippen molar-refractivity contribution in [1.82, 2.24) is 0 Å². The second-order valence-corrected chi connectivity index (χ2v) is 6.56. The molecule has 2 aromatic carbocycles. The molecule has 0 aliphatic carbocycles. The van der Waals surface area contributed by atoms with Gasteiger partial charge in [0.25, 0.3) is 0 Å². The number of nitrogens with two attached hydrogens (primary N) is 1. The van der Waals surface area contributed by atoms with Gasteiger partial charge in [-0.1, -0.05) is 6.07 Å². The standard InChI is InChI=1S/C10H9NO6S2.2Na/c11-10-5-8(19(15,16)17)3-6-1-2-7(4-9(6)10)18(12,13)14;;/h1-5H,11H2,(H,12,13,14)(H,15,16,17);;/q;2*+1/p-2. The van der Waals surface area contributed by atoms with E-state index < -0.39 is 30.0 Å². The van der Waals surface area contributed by atoms with Crippen molar-refractivity contribution in [3.8, 4) is 0 Å². The Labute approximate surface area is 166 Å². The first-order valence-corrected chi connectivity index (χ1v) is 7.66. The van der Waals surface area contributed by atoms with Gasteiger partial charge in [-0.2, -0.15) is 0 Å². The van der Waals surface area contributed by atoms with Crippen LogP contribution in [0.2, 0.25) is 0 Å². The minimum absolute atomic E-state index is 0. The number of fused-ring (bicyclic) bond motifs is 1. The predicted molar refractivity (Wildman–Crippen MR) is 64.3 cm³/mol. The average molecular weight is 347 g/mol. The maximum atomic E-state index is 10.9. The summed E-state index contributed by atoms with van der Waals surface area (Å²) in [6.07, 6.45) is 0. The van der Waals surface area contributed by atoms with E-state index in [2.05, 4.69) is 0 Å². The summed E-state index contributed by atoms with van der Waals surface area (Å²) in [6, 6.07) is 5.26. The van der Waals surface area contributed by atoms with Crippen LogP contribution < -0.4 is 64.8 Å². The fraction of sp³-hybridized carbons (Fsp3) is 0. The van der Waals surface area contributed by atoms with Crippen LogP contribution in [-0.2, 0) is 20.2 Å². The molecule has 0 saturated carbocycles. The normalized spacial score (nSPS) is 11.5. The number of rotatable bonds is 2. The van der Waals surface area contributed by atoms with Crippen molar-refractivity contribution in [1.29, 1.82) is 0 Å². The third-order valence-electron chi connectivity index (χ3n) is 2.51. The summed E-state index contributed by atoms with van der Waals surface area (Å²) in [4.78, 5) is -1.00. The molecule has 0 aliphatic rings. The average Bonchev–Trinajstić information content (AvgIpc) is 2.26. The van der Waals surface area contributed by atoms with Crippen LogP contribution in [0.3, 0.4) is 0 Å². The van der Waals surface area contributed by atoms with E-state index in [9.17, 15) is 25.9 Å². The second kappa shape index (κ2) is 7.26. The molecule has 0 heterocycles. The maximum absolute atomic E-state index is 10.9. The Kier molecular flexibility index (Phi) is 7.37. The van der Waals surface area contributed by atoms with Gasteiger partial charge in [0.1, 0.15) is 20.2 Å². The van der Waals surface area contributed by atoms with Gasteiger partial charge in [0.05, 0.1) is 9.79 Å². The number of benzene rings is 2. The van der Waals surface area contributed by atoms with Gasteiger partial charge in [0.2, 0.25) is 0 Å². The van der Waals surface area contributed by atoms with E-state index >= 15 is 0 Å². The molecule has 21 heavy (non-hydrogen) atoms. The summed E-state index contributed by atoms with van der Waals surface area (Å²) in [5, 5.41) is 0.436. The third kappa shape index (κ3) is 4.90. The van der Waals surface area contributed by atoms with Gasteiger partial charge in [-0.15, -0.1) is 0 Å². The number of hydrogen-bond acceptors (Lipinski definition) is 7. The van der Waals surface area contributed by atoms with Crippen molar-refractivity contribution < 1.29 is 85.1 Å². The van der Waals surface area contributed by atoms with E-state index in [0.29, 0.717) is 0 Å². The minimum atomic E-state index is -4.67. The molecule has 0 unspecified atom stereocenters. The van der Waals surface area contributed by atoms with Gasteiger partial charge < -0.3 is 14.8 Å². The third-order valence-corrected chi connectivity index (χ3v) is 4.15. The monoisotopic (exact) mass is 347 g/mol. The van der Waals surface area contributed by atoms with Crippen LogP contribution in [0.4, 0.5) is 5.69 Å². The Balaban J connectivity index is 0.00000200. The minimum Gasteiger partial charge on any atom is -0.744 e. The zero-order valence-corrected chi connectivity index (χ0v) is 16.9. The fourth-order valence-corrected chi connectivity index (χ4v) is 2.68. The van der Waals surface area contributed by atoms with Crippen LogP contribution in [0.15, 0.2) is 40.1 Å². The molecule has 0 atom stereocenters. The molecular formula is C10H7NNa2O6S2. The van der Waals surface area contributed by atoms with E-state index in [1.807, 2.05) is 0 Å². The van der Waals surface area contributed by atoms with E-state index in [-0.39, 0.29) is 75.6 Å². The molecule has 2 rings (SSSR count). The van der Waals surface area contributed by atoms with Gasteiger partial charge in [-0.05, 0) is 29.7 Å². The molecule has 0 saturated heterocycles. The molecule has 0 aliphatic heterocycles. The van der Waals surface area contributed by atoms with Crippen LogP contribution in [0.5, 0.6) is 0 Å². The molecule has 2 N–H and O–H groups in total. The van der Waals surface area contributed by atoms with Crippen molar-refractivity contribution >= 4 is 36.7 Å². The van der Waals surface area contributed by atoms with E-state index in [1.165, 1.54) is 6.07 Å². The maximum Gasteiger partial charge on any atom is 1.00 e. The molecule has 0 radical (unpaired) electrons. The first-order chi connectivity index (χ1) is 8.59. The smallest absolute Gasteiger partial charge is 0.744 e. The van der Waals surface area contributed by atoms with Crippen LogP contribution in [0, 0.1) is 0 Å². The topological polar surface area (TPSA) is 140 Å². The Hall–Kier alpha value is 0.320. The van der Waals surface area contributed by atoms with Gasteiger partial charge in [-0.3, -0.25) is 0 Å². The Morgan fingerprint density at radius 1 is 0.810 bits per heavy atom. The SMILES string of the molecule is Nc1cc(S(=O)(=O)[O-])cc2ccc(S(=O)(=O)[O-])cc12.[Na+].[Na+]. The summed E-state index contributed by atoms with van der Waals surface area (Å²) in [7, 11) is -9.30. The van der Waals surface area contributed by atoms with Crippen molar-refractivity contribution in [3.63, 3.8) is 0 Å². The Morgan fingerprint density at radius 2 is 1.33 bits per heavy atom. The molecular weight excluding hydrogens is 340 g/mol. The number of hydrogen-bond donors (Lipinski definition) is 1. The number of anilines is 1. The van der Waals surface area contributed by atoms with Crippen LogP contribution in [-0.4, -0.2) is 25.9 Å². The molecule has 11 heteroatoms. The van der Waals surface area contributed by atoms with Crippen molar-refractivity contribution in [2.75, 3.05) is 5.73 Å². The Morgan fingerprint density at radius 3 is 1.81 bits per heavy atom. The molecule has 0 spiro atoms. The molecule has 2 aromatic rings. The fourth-order valence-electron chi connectivity index (χ4n) is 1.64. The van der Waals surface area contributed by atoms with E-state index in [0.717, 1.165) is 24.3 Å². The molecule has 0 aromatic heterocycles. The summed E-state index contributed by atoms with van der Waals surface area (Å²) in [6.45, 7) is 0. The van der Waals surface area contributed by atoms with Gasteiger partial charge in [-0.25, -0.2) is 16.8 Å². The van der Waals surface area contributed by atoms with Crippen LogP contribution in [0.25, 0.3) is 10.8 Å². The van der Waals surface area contributed by atoms with Crippen molar-refractivity contribution in [2.24, 2.45) is 0 Å². The first kappa shape index (κ1) is 21.3. The second-order valence-electron chi connectivity index (χ2n) is 3.80. The Bertz CT molecular complexity index is 880. The molecule has 0 amide bonds. The predicted octanol–water partition coefficient (Wildman–Crippen LogP) is -5.76. The molecule has 7 nitrogen and oxygen atoms in total. The summed E-state index contributed by atoms with van der Waals surface area (Å²) in [5.74, 6) is 0. The molecule has 102 valence electrons. The summed E-state index contributed by atoms with van der Waals surface area (Å²) >= 11 is 0. The summed E-state index contributed by atoms with van der Waals surface area (Å²) < 4.78 is 65.3.